The van der Waals surface area contributed by atoms with Crippen LogP contribution in [-0.4, -0.2) is 41.0 Å². The minimum absolute atomic E-state index is 0.214. The lowest BCUT2D eigenvalue weighted by atomic mass is 10.1. The van der Waals surface area contributed by atoms with E-state index >= 15 is 0 Å². The Kier molecular flexibility index (Phi) is 4.79. The van der Waals surface area contributed by atoms with Crippen molar-refractivity contribution >= 4 is 17.6 Å². The highest BCUT2D eigenvalue weighted by Gasteiger charge is 2.13. The summed E-state index contributed by atoms with van der Waals surface area (Å²) < 4.78 is 0. The van der Waals surface area contributed by atoms with Gasteiger partial charge in [0.15, 0.2) is 0 Å². The summed E-state index contributed by atoms with van der Waals surface area (Å²) in [5, 5.41) is 3.28. The molecule has 0 amide bonds. The molecule has 0 aromatic carbocycles. The summed E-state index contributed by atoms with van der Waals surface area (Å²) in [5.41, 5.74) is 11.2. The normalized spacial score (nSPS) is 18.2. The smallest absolute Gasteiger partial charge is 0.223 e. The van der Waals surface area contributed by atoms with Gasteiger partial charge in [-0.05, 0) is 31.8 Å². The van der Waals surface area contributed by atoms with Crippen molar-refractivity contribution in [2.75, 3.05) is 43.0 Å². The minimum atomic E-state index is 0.214. The summed E-state index contributed by atoms with van der Waals surface area (Å²) in [6.07, 6.45) is 4.04. The molecule has 1 fully saturated rings. The van der Waals surface area contributed by atoms with Gasteiger partial charge in [-0.3, -0.25) is 0 Å². The molecule has 1 saturated heterocycles. The van der Waals surface area contributed by atoms with E-state index in [9.17, 15) is 0 Å². The predicted molar refractivity (Wildman–Crippen MR) is 78.8 cm³/mol. The number of hydrogen-bond donors (Lipinski definition) is 3. The van der Waals surface area contributed by atoms with Crippen LogP contribution in [0.25, 0.3) is 0 Å². The van der Waals surface area contributed by atoms with Crippen LogP contribution >= 0.6 is 0 Å². The van der Waals surface area contributed by atoms with Crippen molar-refractivity contribution in [3.63, 3.8) is 0 Å². The SMILES string of the molecule is CC(CNc1cc(N)nc(N)n1)CN1CCCCC1. The molecule has 1 atom stereocenters. The molecule has 5 N–H and O–H groups in total. The highest BCUT2D eigenvalue weighted by atomic mass is 15.1. The molecule has 1 aromatic heterocycles. The first kappa shape index (κ1) is 13.9. The average Bonchev–Trinajstić information content (AvgIpc) is 2.36. The third kappa shape index (κ3) is 4.55. The maximum Gasteiger partial charge on any atom is 0.223 e. The lowest BCUT2D eigenvalue weighted by Crippen LogP contribution is -2.35. The molecule has 106 valence electrons. The minimum Gasteiger partial charge on any atom is -0.383 e. The monoisotopic (exact) mass is 264 g/mol. The maximum absolute atomic E-state index is 5.64. The molecule has 0 bridgehead atoms. The van der Waals surface area contributed by atoms with E-state index in [1.807, 2.05) is 0 Å². The van der Waals surface area contributed by atoms with Gasteiger partial charge in [0.25, 0.3) is 0 Å². The van der Waals surface area contributed by atoms with Crippen molar-refractivity contribution in [2.24, 2.45) is 5.92 Å². The highest BCUT2D eigenvalue weighted by Crippen LogP contribution is 2.13. The second kappa shape index (κ2) is 6.56. The summed E-state index contributed by atoms with van der Waals surface area (Å²) in [6.45, 7) is 6.71. The van der Waals surface area contributed by atoms with Crippen LogP contribution in [0.4, 0.5) is 17.6 Å². The van der Waals surface area contributed by atoms with Gasteiger partial charge in [0.05, 0.1) is 0 Å². The number of nitrogens with zero attached hydrogens (tertiary/aromatic N) is 3. The molecular weight excluding hydrogens is 240 g/mol. The van der Waals surface area contributed by atoms with Crippen LogP contribution in [-0.2, 0) is 0 Å². The number of anilines is 3. The number of likely N-dealkylation sites (tertiary alicyclic amines) is 1. The molecule has 0 spiro atoms. The van der Waals surface area contributed by atoms with E-state index < -0.39 is 0 Å². The van der Waals surface area contributed by atoms with E-state index in [1.54, 1.807) is 6.07 Å². The Hall–Kier alpha value is -1.56. The van der Waals surface area contributed by atoms with Crippen LogP contribution in [0.1, 0.15) is 26.2 Å². The molecule has 0 radical (unpaired) electrons. The van der Waals surface area contributed by atoms with Gasteiger partial charge in [0.2, 0.25) is 5.95 Å². The summed E-state index contributed by atoms with van der Waals surface area (Å²) in [4.78, 5) is 10.5. The van der Waals surface area contributed by atoms with Crippen LogP contribution < -0.4 is 16.8 Å². The number of nitrogen functional groups attached to an aromatic ring is 2. The fourth-order valence-corrected chi connectivity index (χ4v) is 2.50. The molecule has 6 nitrogen and oxygen atoms in total. The van der Waals surface area contributed by atoms with Crippen molar-refractivity contribution in [1.82, 2.24) is 14.9 Å². The van der Waals surface area contributed by atoms with E-state index in [2.05, 4.69) is 27.1 Å². The zero-order valence-electron chi connectivity index (χ0n) is 11.6. The quantitative estimate of drug-likeness (QED) is 0.739. The van der Waals surface area contributed by atoms with Gasteiger partial charge in [-0.15, -0.1) is 0 Å². The molecule has 1 aromatic rings. The topological polar surface area (TPSA) is 93.1 Å². The van der Waals surface area contributed by atoms with E-state index in [0.29, 0.717) is 17.6 Å². The van der Waals surface area contributed by atoms with Crippen LogP contribution in [0, 0.1) is 5.92 Å². The number of aromatic nitrogens is 2. The van der Waals surface area contributed by atoms with E-state index in [4.69, 9.17) is 11.5 Å². The van der Waals surface area contributed by atoms with Crippen molar-refractivity contribution in [1.29, 1.82) is 0 Å². The van der Waals surface area contributed by atoms with Crippen LogP contribution in [0.3, 0.4) is 0 Å². The molecule has 2 rings (SSSR count). The summed E-state index contributed by atoms with van der Waals surface area (Å²) in [7, 11) is 0. The van der Waals surface area contributed by atoms with Gasteiger partial charge in [0.1, 0.15) is 11.6 Å². The summed E-state index contributed by atoms with van der Waals surface area (Å²) in [6, 6.07) is 1.71. The van der Waals surface area contributed by atoms with E-state index in [1.165, 1.54) is 32.4 Å². The second-order valence-electron chi connectivity index (χ2n) is 5.38. The number of nitrogens with one attached hydrogen (secondary N) is 1. The lowest BCUT2D eigenvalue weighted by molar-refractivity contribution is 0.204. The Bertz CT molecular complexity index is 382. The van der Waals surface area contributed by atoms with Gasteiger partial charge in [-0.2, -0.15) is 9.97 Å². The van der Waals surface area contributed by atoms with E-state index in [0.717, 1.165) is 13.1 Å². The molecule has 6 heteroatoms. The largest absolute Gasteiger partial charge is 0.383 e. The standard InChI is InChI=1S/C13H24N6/c1-10(9-19-5-3-2-4-6-19)8-16-12-7-11(14)17-13(15)18-12/h7,10H,2-6,8-9H2,1H3,(H5,14,15,16,17,18). The molecule has 1 unspecified atom stereocenters. The number of rotatable bonds is 5. The maximum atomic E-state index is 5.64. The van der Waals surface area contributed by atoms with Gasteiger partial charge < -0.3 is 21.7 Å². The zero-order chi connectivity index (χ0) is 13.7. The Balaban J connectivity index is 1.77. The molecule has 1 aliphatic heterocycles. The van der Waals surface area contributed by atoms with Gasteiger partial charge >= 0.3 is 0 Å². The molecule has 2 heterocycles. The summed E-state index contributed by atoms with van der Waals surface area (Å²) in [5.74, 6) is 1.89. The Morgan fingerprint density at radius 2 is 2.00 bits per heavy atom. The summed E-state index contributed by atoms with van der Waals surface area (Å²) >= 11 is 0. The lowest BCUT2D eigenvalue weighted by Gasteiger charge is -2.29. The Morgan fingerprint density at radius 3 is 2.68 bits per heavy atom. The van der Waals surface area contributed by atoms with Crippen LogP contribution in [0.15, 0.2) is 6.07 Å². The molecule has 0 aliphatic carbocycles. The predicted octanol–water partition coefficient (Wildman–Crippen LogP) is 1.17. The fourth-order valence-electron chi connectivity index (χ4n) is 2.50. The fraction of sp³-hybridized carbons (Fsp3) is 0.692. The Morgan fingerprint density at radius 1 is 1.26 bits per heavy atom. The van der Waals surface area contributed by atoms with Crippen molar-refractivity contribution in [2.45, 2.75) is 26.2 Å². The first-order valence-corrected chi connectivity index (χ1v) is 7.00. The second-order valence-corrected chi connectivity index (χ2v) is 5.38. The van der Waals surface area contributed by atoms with Crippen molar-refractivity contribution < 1.29 is 0 Å². The number of hydrogen-bond acceptors (Lipinski definition) is 6. The Labute approximate surface area is 114 Å². The van der Waals surface area contributed by atoms with Crippen molar-refractivity contribution in [3.05, 3.63) is 6.07 Å². The van der Waals surface area contributed by atoms with Gasteiger partial charge in [-0.1, -0.05) is 13.3 Å². The molecule has 0 saturated carbocycles. The van der Waals surface area contributed by atoms with Crippen molar-refractivity contribution in [3.8, 4) is 0 Å². The van der Waals surface area contributed by atoms with Gasteiger partial charge in [0, 0.05) is 19.2 Å². The van der Waals surface area contributed by atoms with Crippen LogP contribution in [0.5, 0.6) is 0 Å². The van der Waals surface area contributed by atoms with Gasteiger partial charge in [-0.25, -0.2) is 0 Å². The molecular formula is C13H24N6. The zero-order valence-corrected chi connectivity index (χ0v) is 11.6. The highest BCUT2D eigenvalue weighted by molar-refractivity contribution is 5.48. The number of nitrogens with two attached hydrogens (primary N) is 2. The molecule has 1 aliphatic rings. The third-order valence-electron chi connectivity index (χ3n) is 3.41. The molecule has 19 heavy (non-hydrogen) atoms. The average molecular weight is 264 g/mol. The number of piperidine rings is 1. The van der Waals surface area contributed by atoms with Crippen LogP contribution in [0.2, 0.25) is 0 Å². The van der Waals surface area contributed by atoms with E-state index in [-0.39, 0.29) is 5.95 Å². The first-order chi connectivity index (χ1) is 9.13. The first-order valence-electron chi connectivity index (χ1n) is 7.00. The third-order valence-corrected chi connectivity index (χ3v) is 3.41.